The molecule has 2 N–H and O–H groups in total. The first-order valence-corrected chi connectivity index (χ1v) is 11.2. The van der Waals surface area contributed by atoms with Gasteiger partial charge >= 0.3 is 0 Å². The Bertz CT molecular complexity index is 1190. The summed E-state index contributed by atoms with van der Waals surface area (Å²) in [7, 11) is 3.18. The molecular formula is C26H33N5O3. The lowest BCUT2D eigenvalue weighted by Crippen LogP contribution is -2.36. The molecule has 2 aromatic carbocycles. The van der Waals surface area contributed by atoms with Gasteiger partial charge in [0.15, 0.2) is 0 Å². The predicted octanol–water partition coefficient (Wildman–Crippen LogP) is 4.55. The second-order valence-electron chi connectivity index (χ2n) is 8.11. The van der Waals surface area contributed by atoms with Gasteiger partial charge in [0.2, 0.25) is 5.96 Å². The maximum Gasteiger partial charge on any atom is 0.257 e. The summed E-state index contributed by atoms with van der Waals surface area (Å²) in [6.45, 7) is 11.2. The smallest absolute Gasteiger partial charge is 0.257 e. The van der Waals surface area contributed by atoms with Crippen molar-refractivity contribution in [2.24, 2.45) is 4.99 Å². The molecule has 0 spiro atoms. The monoisotopic (exact) mass is 463 g/mol. The number of carbonyl (C=O) groups is 1. The number of benzene rings is 2. The minimum atomic E-state index is -0.248. The van der Waals surface area contributed by atoms with Gasteiger partial charge < -0.3 is 14.8 Å². The van der Waals surface area contributed by atoms with Crippen molar-refractivity contribution >= 4 is 17.6 Å². The first kappa shape index (κ1) is 24.8. The van der Waals surface area contributed by atoms with Crippen molar-refractivity contribution in [3.63, 3.8) is 0 Å². The average Bonchev–Trinajstić information content (AvgIpc) is 3.11. The number of aromatic nitrogens is 2. The van der Waals surface area contributed by atoms with Gasteiger partial charge in [-0.05, 0) is 57.9 Å². The van der Waals surface area contributed by atoms with Crippen LogP contribution in [0.2, 0.25) is 0 Å². The first-order valence-electron chi connectivity index (χ1n) is 11.2. The fourth-order valence-corrected chi connectivity index (χ4v) is 3.62. The van der Waals surface area contributed by atoms with Crippen molar-refractivity contribution in [2.45, 2.75) is 47.7 Å². The molecule has 8 heteroatoms. The number of methoxy groups -OCH3 is 2. The molecule has 1 amide bonds. The van der Waals surface area contributed by atoms with Gasteiger partial charge in [0.1, 0.15) is 11.5 Å². The molecule has 1 aromatic heterocycles. The highest BCUT2D eigenvalue weighted by Gasteiger charge is 2.14. The van der Waals surface area contributed by atoms with Crippen LogP contribution < -0.4 is 20.1 Å². The molecule has 0 atom stereocenters. The number of carbonyl (C=O) groups excluding carboxylic acids is 1. The number of nitrogens with one attached hydrogen (secondary N) is 2. The molecule has 0 aliphatic carbocycles. The Balaban J connectivity index is 1.94. The first-order chi connectivity index (χ1) is 16.2. The summed E-state index contributed by atoms with van der Waals surface area (Å²) in [5, 5.41) is 10.7. The topological polar surface area (TPSA) is 89.8 Å². The zero-order valence-electron chi connectivity index (χ0n) is 20.9. The number of nitrogens with zero attached hydrogens (tertiary/aromatic N) is 3. The summed E-state index contributed by atoms with van der Waals surface area (Å²) < 4.78 is 12.7. The van der Waals surface area contributed by atoms with E-state index in [1.807, 2.05) is 62.7 Å². The van der Waals surface area contributed by atoms with Gasteiger partial charge in [0.05, 0.1) is 26.5 Å². The van der Waals surface area contributed by atoms with Crippen molar-refractivity contribution in [2.75, 3.05) is 19.5 Å². The minimum absolute atomic E-state index is 0.248. The van der Waals surface area contributed by atoms with Gasteiger partial charge in [-0.15, -0.1) is 0 Å². The van der Waals surface area contributed by atoms with E-state index in [9.17, 15) is 4.79 Å². The Morgan fingerprint density at radius 1 is 1.00 bits per heavy atom. The predicted molar refractivity (Wildman–Crippen MR) is 135 cm³/mol. The highest BCUT2D eigenvalue weighted by atomic mass is 16.5. The third kappa shape index (κ3) is 5.75. The van der Waals surface area contributed by atoms with E-state index >= 15 is 0 Å². The van der Waals surface area contributed by atoms with Crippen LogP contribution in [0.15, 0.2) is 41.4 Å². The molecule has 1 heterocycles. The lowest BCUT2D eigenvalue weighted by molar-refractivity contribution is 0.0977. The van der Waals surface area contributed by atoms with E-state index in [0.717, 1.165) is 34.6 Å². The van der Waals surface area contributed by atoms with Crippen LogP contribution in [-0.4, -0.2) is 35.9 Å². The highest BCUT2D eigenvalue weighted by Crippen LogP contribution is 2.26. The number of rotatable bonds is 7. The van der Waals surface area contributed by atoms with E-state index in [4.69, 9.17) is 14.5 Å². The molecule has 0 radical (unpaired) electrons. The van der Waals surface area contributed by atoms with Gasteiger partial charge in [-0.25, -0.2) is 4.99 Å². The molecule has 0 saturated carbocycles. The Kier molecular flexibility index (Phi) is 7.94. The summed E-state index contributed by atoms with van der Waals surface area (Å²) in [4.78, 5) is 17.8. The molecular weight excluding hydrogens is 430 g/mol. The maximum atomic E-state index is 13.1. The van der Waals surface area contributed by atoms with E-state index in [1.165, 1.54) is 0 Å². The standard InChI is InChI=1S/C26H33N5O3/c1-8-31-19(5)24(18(4)30-31)15-27-26(28-21-12-22(33-6)14-23(13-21)34-7)29-25(32)20-10-9-16(2)17(3)11-20/h9-14H,8,15H2,1-7H3,(H2,27,28,29,32). The number of guanidine groups is 1. The van der Waals surface area contributed by atoms with Gasteiger partial charge in [0, 0.05) is 47.3 Å². The van der Waals surface area contributed by atoms with Crippen LogP contribution in [0, 0.1) is 27.7 Å². The van der Waals surface area contributed by atoms with Crippen molar-refractivity contribution in [1.82, 2.24) is 15.1 Å². The number of anilines is 1. The normalized spacial score (nSPS) is 11.3. The Morgan fingerprint density at radius 3 is 2.24 bits per heavy atom. The molecule has 3 aromatic rings. The second kappa shape index (κ2) is 10.9. The number of aliphatic imine (C=N–C) groups is 1. The molecule has 0 aliphatic heterocycles. The molecule has 0 bridgehead atoms. The van der Waals surface area contributed by atoms with Crippen LogP contribution in [0.3, 0.4) is 0 Å². The van der Waals surface area contributed by atoms with Crippen LogP contribution in [0.5, 0.6) is 11.5 Å². The van der Waals surface area contributed by atoms with Gasteiger partial charge in [-0.3, -0.25) is 14.8 Å². The quantitative estimate of drug-likeness (QED) is 0.396. The molecule has 3 rings (SSSR count). The zero-order chi connectivity index (χ0) is 24.8. The van der Waals surface area contributed by atoms with Crippen molar-refractivity contribution in [3.8, 4) is 11.5 Å². The SMILES string of the molecule is CCn1nc(C)c(CN=C(NC(=O)c2ccc(C)c(C)c2)Nc2cc(OC)cc(OC)c2)c1C. The second-order valence-corrected chi connectivity index (χ2v) is 8.11. The van der Waals surface area contributed by atoms with Crippen molar-refractivity contribution in [1.29, 1.82) is 0 Å². The van der Waals surface area contributed by atoms with Crippen LogP contribution in [0.1, 0.15) is 45.4 Å². The number of hydrogen-bond donors (Lipinski definition) is 2. The summed E-state index contributed by atoms with van der Waals surface area (Å²) in [5.74, 6) is 1.32. The Hall–Kier alpha value is -3.81. The lowest BCUT2D eigenvalue weighted by atomic mass is 10.1. The number of ether oxygens (including phenoxy) is 2. The van der Waals surface area contributed by atoms with Crippen LogP contribution >= 0.6 is 0 Å². The van der Waals surface area contributed by atoms with Crippen LogP contribution in [0.4, 0.5) is 5.69 Å². The summed E-state index contributed by atoms with van der Waals surface area (Å²) >= 11 is 0. The molecule has 0 fully saturated rings. The molecule has 0 saturated heterocycles. The Morgan fingerprint density at radius 2 is 1.68 bits per heavy atom. The van der Waals surface area contributed by atoms with E-state index in [1.54, 1.807) is 20.3 Å². The summed E-state index contributed by atoms with van der Waals surface area (Å²) in [6, 6.07) is 11.0. The number of aryl methyl sites for hydroxylation is 4. The largest absolute Gasteiger partial charge is 0.497 e. The van der Waals surface area contributed by atoms with Crippen LogP contribution in [-0.2, 0) is 13.1 Å². The van der Waals surface area contributed by atoms with Crippen LogP contribution in [0.25, 0.3) is 0 Å². The lowest BCUT2D eigenvalue weighted by Gasteiger charge is -2.14. The number of amides is 1. The third-order valence-electron chi connectivity index (χ3n) is 5.84. The molecule has 0 unspecified atom stereocenters. The minimum Gasteiger partial charge on any atom is -0.497 e. The Labute approximate surface area is 201 Å². The molecule has 34 heavy (non-hydrogen) atoms. The molecule has 180 valence electrons. The molecule has 8 nitrogen and oxygen atoms in total. The van der Waals surface area contributed by atoms with Gasteiger partial charge in [-0.1, -0.05) is 6.07 Å². The fraction of sp³-hybridized carbons (Fsp3) is 0.346. The van der Waals surface area contributed by atoms with Gasteiger partial charge in [-0.2, -0.15) is 5.10 Å². The average molecular weight is 464 g/mol. The van der Waals surface area contributed by atoms with Gasteiger partial charge in [0.25, 0.3) is 5.91 Å². The van der Waals surface area contributed by atoms with E-state index in [2.05, 4.69) is 22.7 Å². The summed E-state index contributed by atoms with van der Waals surface area (Å²) in [6.07, 6.45) is 0. The van der Waals surface area contributed by atoms with Crippen molar-refractivity contribution in [3.05, 3.63) is 70.0 Å². The molecule has 0 aliphatic rings. The fourth-order valence-electron chi connectivity index (χ4n) is 3.62. The van der Waals surface area contributed by atoms with E-state index in [-0.39, 0.29) is 5.91 Å². The third-order valence-corrected chi connectivity index (χ3v) is 5.84. The highest BCUT2D eigenvalue weighted by molar-refractivity contribution is 6.10. The van der Waals surface area contributed by atoms with E-state index < -0.39 is 0 Å². The van der Waals surface area contributed by atoms with E-state index in [0.29, 0.717) is 35.3 Å². The number of hydrogen-bond acceptors (Lipinski definition) is 5. The zero-order valence-corrected chi connectivity index (χ0v) is 20.9. The van der Waals surface area contributed by atoms with Crippen molar-refractivity contribution < 1.29 is 14.3 Å². The maximum absolute atomic E-state index is 13.1. The summed E-state index contributed by atoms with van der Waals surface area (Å²) in [5.41, 5.74) is 6.43.